The molecule has 10 heteroatoms. The molecule has 0 saturated heterocycles. The van der Waals surface area contributed by atoms with E-state index in [1.165, 1.54) is 42.8 Å². The van der Waals surface area contributed by atoms with E-state index in [9.17, 15) is 18.0 Å². The molecule has 0 spiro atoms. The van der Waals surface area contributed by atoms with Gasteiger partial charge in [-0.1, -0.05) is 0 Å². The second-order valence-corrected chi connectivity index (χ2v) is 6.79. The van der Waals surface area contributed by atoms with Gasteiger partial charge in [-0.2, -0.15) is 0 Å². The molecule has 0 aliphatic heterocycles. The van der Waals surface area contributed by atoms with Gasteiger partial charge in [-0.3, -0.25) is 4.79 Å². The normalized spacial score (nSPS) is 11.3. The van der Waals surface area contributed by atoms with Gasteiger partial charge in [-0.25, -0.2) is 23.3 Å². The predicted octanol–water partition coefficient (Wildman–Crippen LogP) is 1.27. The Bertz CT molecular complexity index is 1070. The van der Waals surface area contributed by atoms with Crippen molar-refractivity contribution in [3.05, 3.63) is 54.4 Å². The number of nitrogens with two attached hydrogens (primary N) is 1. The van der Waals surface area contributed by atoms with E-state index in [1.807, 2.05) is 0 Å². The number of rotatable bonds is 5. The molecule has 0 fully saturated rings. The first-order valence-electron chi connectivity index (χ1n) is 7.26. The van der Waals surface area contributed by atoms with E-state index < -0.39 is 28.5 Å². The Labute approximate surface area is 147 Å². The highest BCUT2D eigenvalue weighted by Crippen LogP contribution is 2.15. The van der Waals surface area contributed by atoms with Crippen molar-refractivity contribution in [2.45, 2.75) is 4.90 Å². The van der Waals surface area contributed by atoms with Crippen LogP contribution >= 0.6 is 0 Å². The molecule has 0 unspecified atom stereocenters. The number of nitrogens with one attached hydrogen (secondary N) is 1. The van der Waals surface area contributed by atoms with Crippen LogP contribution in [-0.2, 0) is 19.6 Å². The Balaban J connectivity index is 1.57. The fourth-order valence-electron chi connectivity index (χ4n) is 2.12. The zero-order valence-corrected chi connectivity index (χ0v) is 14.0. The molecule has 1 aromatic heterocycles. The van der Waals surface area contributed by atoms with E-state index in [2.05, 4.69) is 10.3 Å². The van der Waals surface area contributed by atoms with Crippen LogP contribution in [0.1, 0.15) is 10.4 Å². The molecule has 2 aromatic carbocycles. The largest absolute Gasteiger partial charge is 0.452 e. The number of nitrogens with zero attached hydrogens (tertiary/aromatic N) is 1. The average Bonchev–Trinajstić information content (AvgIpc) is 3.07. The summed E-state index contributed by atoms with van der Waals surface area (Å²) in [7, 11) is -3.81. The lowest BCUT2D eigenvalue weighted by Crippen LogP contribution is -2.21. The topological polar surface area (TPSA) is 142 Å². The molecule has 1 heterocycles. The fraction of sp³-hybridized carbons (Fsp3) is 0.0625. The smallest absolute Gasteiger partial charge is 0.338 e. The maximum atomic E-state index is 12.0. The minimum atomic E-state index is -3.81. The van der Waals surface area contributed by atoms with Crippen molar-refractivity contribution < 1.29 is 27.2 Å². The molecule has 26 heavy (non-hydrogen) atoms. The van der Waals surface area contributed by atoms with Gasteiger partial charge in [0.25, 0.3) is 5.91 Å². The first-order valence-corrected chi connectivity index (χ1v) is 8.81. The number of sulfonamides is 1. The van der Waals surface area contributed by atoms with Crippen molar-refractivity contribution in [3.8, 4) is 0 Å². The van der Waals surface area contributed by atoms with Gasteiger partial charge in [0.15, 0.2) is 18.6 Å². The summed E-state index contributed by atoms with van der Waals surface area (Å²) < 4.78 is 32.4. The quantitative estimate of drug-likeness (QED) is 0.640. The first-order chi connectivity index (χ1) is 12.3. The van der Waals surface area contributed by atoms with Gasteiger partial charge in [-0.05, 0) is 42.5 Å². The standard InChI is InChI=1S/C16H13N3O6S/c17-26(22,23)12-4-2-11(3-5-12)19-15(20)8-24-16(21)10-1-6-13-14(7-10)25-9-18-13/h1-7,9H,8H2,(H,19,20)(H2,17,22,23). The number of hydrogen-bond acceptors (Lipinski definition) is 7. The summed E-state index contributed by atoms with van der Waals surface area (Å²) in [5, 5.41) is 7.46. The third kappa shape index (κ3) is 4.05. The van der Waals surface area contributed by atoms with E-state index >= 15 is 0 Å². The summed E-state index contributed by atoms with van der Waals surface area (Å²) in [6.07, 6.45) is 1.26. The average molecular weight is 375 g/mol. The van der Waals surface area contributed by atoms with Crippen molar-refractivity contribution in [1.29, 1.82) is 0 Å². The number of carbonyl (C=O) groups is 2. The highest BCUT2D eigenvalue weighted by Gasteiger charge is 2.13. The molecule has 3 aromatic rings. The molecule has 0 aliphatic carbocycles. The lowest BCUT2D eigenvalue weighted by molar-refractivity contribution is -0.119. The van der Waals surface area contributed by atoms with Gasteiger partial charge in [0, 0.05) is 5.69 Å². The fourth-order valence-corrected chi connectivity index (χ4v) is 2.64. The predicted molar refractivity (Wildman–Crippen MR) is 90.7 cm³/mol. The minimum absolute atomic E-state index is 0.0789. The molecule has 3 rings (SSSR count). The maximum absolute atomic E-state index is 12.0. The third-order valence-electron chi connectivity index (χ3n) is 3.37. The Morgan fingerprint density at radius 2 is 1.88 bits per heavy atom. The lowest BCUT2D eigenvalue weighted by atomic mass is 10.2. The SMILES string of the molecule is NS(=O)(=O)c1ccc(NC(=O)COC(=O)c2ccc3ncoc3c2)cc1. The number of oxazole rings is 1. The van der Waals surface area contributed by atoms with E-state index in [0.29, 0.717) is 16.8 Å². The first kappa shape index (κ1) is 17.6. The molecule has 0 aliphatic rings. The van der Waals surface area contributed by atoms with Gasteiger partial charge in [0.2, 0.25) is 10.0 Å². The van der Waals surface area contributed by atoms with Gasteiger partial charge >= 0.3 is 5.97 Å². The Hall–Kier alpha value is -3.24. The molecule has 0 bridgehead atoms. The van der Waals surface area contributed by atoms with E-state index in [1.54, 1.807) is 6.07 Å². The van der Waals surface area contributed by atoms with Crippen molar-refractivity contribution in [3.63, 3.8) is 0 Å². The highest BCUT2D eigenvalue weighted by atomic mass is 32.2. The van der Waals surface area contributed by atoms with Crippen LogP contribution in [0.5, 0.6) is 0 Å². The number of amides is 1. The minimum Gasteiger partial charge on any atom is -0.452 e. The van der Waals surface area contributed by atoms with Gasteiger partial charge in [-0.15, -0.1) is 0 Å². The maximum Gasteiger partial charge on any atom is 0.338 e. The van der Waals surface area contributed by atoms with Crippen LogP contribution in [0.4, 0.5) is 5.69 Å². The van der Waals surface area contributed by atoms with Crippen molar-refractivity contribution in [2.75, 3.05) is 11.9 Å². The number of fused-ring (bicyclic) bond motifs is 1. The third-order valence-corrected chi connectivity index (χ3v) is 4.30. The van der Waals surface area contributed by atoms with Crippen LogP contribution in [0.15, 0.2) is 58.2 Å². The molecule has 0 radical (unpaired) electrons. The molecule has 0 saturated carbocycles. The second-order valence-electron chi connectivity index (χ2n) is 5.23. The summed E-state index contributed by atoms with van der Waals surface area (Å²) in [5.41, 5.74) is 1.59. The molecule has 1 amide bonds. The van der Waals surface area contributed by atoms with Crippen LogP contribution in [0.2, 0.25) is 0 Å². The Kier molecular flexibility index (Phi) is 4.69. The van der Waals surface area contributed by atoms with E-state index in [0.717, 1.165) is 0 Å². The van der Waals surface area contributed by atoms with Crippen LogP contribution in [0, 0.1) is 0 Å². The van der Waals surface area contributed by atoms with E-state index in [4.69, 9.17) is 14.3 Å². The molecule has 9 nitrogen and oxygen atoms in total. The number of esters is 1. The number of hydrogen-bond donors (Lipinski definition) is 2. The number of carbonyl (C=O) groups excluding carboxylic acids is 2. The van der Waals surface area contributed by atoms with Crippen molar-refractivity contribution in [1.82, 2.24) is 4.98 Å². The monoisotopic (exact) mass is 375 g/mol. The van der Waals surface area contributed by atoms with Crippen LogP contribution in [-0.4, -0.2) is 31.9 Å². The van der Waals surface area contributed by atoms with E-state index in [-0.39, 0.29) is 10.5 Å². The zero-order valence-electron chi connectivity index (χ0n) is 13.2. The van der Waals surface area contributed by atoms with Crippen molar-refractivity contribution >= 4 is 38.7 Å². The lowest BCUT2D eigenvalue weighted by Gasteiger charge is -2.07. The number of primary sulfonamides is 1. The van der Waals surface area contributed by atoms with Gasteiger partial charge in [0.05, 0.1) is 10.5 Å². The van der Waals surface area contributed by atoms with Crippen molar-refractivity contribution in [2.24, 2.45) is 5.14 Å². The molecular formula is C16H13N3O6S. The Morgan fingerprint density at radius 3 is 2.58 bits per heavy atom. The highest BCUT2D eigenvalue weighted by molar-refractivity contribution is 7.89. The van der Waals surface area contributed by atoms with Crippen LogP contribution in [0.25, 0.3) is 11.1 Å². The number of aromatic nitrogens is 1. The van der Waals surface area contributed by atoms with Crippen LogP contribution in [0.3, 0.4) is 0 Å². The summed E-state index contributed by atoms with van der Waals surface area (Å²) in [5.74, 6) is -1.27. The Morgan fingerprint density at radius 1 is 1.15 bits per heavy atom. The molecule has 3 N–H and O–H groups in total. The zero-order chi connectivity index (χ0) is 18.7. The van der Waals surface area contributed by atoms with Gasteiger partial charge in [0.1, 0.15) is 5.52 Å². The second kappa shape index (κ2) is 6.94. The summed E-state index contributed by atoms with van der Waals surface area (Å²) in [4.78, 5) is 27.7. The summed E-state index contributed by atoms with van der Waals surface area (Å²) >= 11 is 0. The number of anilines is 1. The molecule has 134 valence electrons. The molecule has 0 atom stereocenters. The van der Waals surface area contributed by atoms with Crippen LogP contribution < -0.4 is 10.5 Å². The summed E-state index contributed by atoms with van der Waals surface area (Å²) in [6, 6.07) is 9.83. The number of benzene rings is 2. The summed E-state index contributed by atoms with van der Waals surface area (Å²) in [6.45, 7) is -0.510. The number of ether oxygens (including phenoxy) is 1. The molecular weight excluding hydrogens is 362 g/mol. The van der Waals surface area contributed by atoms with Gasteiger partial charge < -0.3 is 14.5 Å².